The number of nitrogens with one attached hydrogen (secondary N) is 3. The Kier molecular flexibility index (Phi) is 8.17. The molecule has 1 aromatic heterocycles. The van der Waals surface area contributed by atoms with E-state index >= 15 is 0 Å². The van der Waals surface area contributed by atoms with Crippen LogP contribution in [-0.4, -0.2) is 36.2 Å². The van der Waals surface area contributed by atoms with Crippen LogP contribution in [0.25, 0.3) is 22.4 Å². The molecule has 1 heterocycles. The lowest BCUT2D eigenvalue weighted by Gasteiger charge is -2.19. The van der Waals surface area contributed by atoms with Crippen molar-refractivity contribution in [1.29, 1.82) is 0 Å². The molecule has 0 spiro atoms. The number of benzene rings is 3. The highest BCUT2D eigenvalue weighted by molar-refractivity contribution is 6.03. The van der Waals surface area contributed by atoms with E-state index in [1.54, 1.807) is 36.4 Å². The van der Waals surface area contributed by atoms with Gasteiger partial charge in [-0.2, -0.15) is 0 Å². The van der Waals surface area contributed by atoms with Gasteiger partial charge in [-0.3, -0.25) is 4.79 Å². The van der Waals surface area contributed by atoms with Gasteiger partial charge in [-0.15, -0.1) is 0 Å². The van der Waals surface area contributed by atoms with Crippen molar-refractivity contribution in [2.75, 3.05) is 17.7 Å². The molecule has 0 saturated heterocycles. The summed E-state index contributed by atoms with van der Waals surface area (Å²) in [5.74, 6) is -1.35. The van der Waals surface area contributed by atoms with Crippen LogP contribution in [0.2, 0.25) is 0 Å². The summed E-state index contributed by atoms with van der Waals surface area (Å²) < 4.78 is 10.4. The maximum atomic E-state index is 13.2. The Labute approximate surface area is 220 Å². The lowest BCUT2D eigenvalue weighted by molar-refractivity contribution is -0.144. The molecule has 4 rings (SSSR count). The first-order valence-electron chi connectivity index (χ1n) is 12.0. The monoisotopic (exact) mass is 512 g/mol. The van der Waals surface area contributed by atoms with Crippen LogP contribution in [-0.2, 0) is 9.53 Å². The number of rotatable bonds is 8. The first-order valence-corrected chi connectivity index (χ1v) is 12.0. The van der Waals surface area contributed by atoms with Crippen molar-refractivity contribution in [2.45, 2.75) is 19.9 Å². The van der Waals surface area contributed by atoms with Gasteiger partial charge in [0.05, 0.1) is 12.7 Å². The number of amides is 3. The van der Waals surface area contributed by atoms with Crippen molar-refractivity contribution >= 4 is 29.3 Å². The van der Waals surface area contributed by atoms with Crippen LogP contribution in [0, 0.1) is 5.92 Å². The van der Waals surface area contributed by atoms with E-state index in [2.05, 4.69) is 21.1 Å². The molecule has 0 saturated carbocycles. The molecule has 0 unspecified atom stereocenters. The van der Waals surface area contributed by atoms with Crippen molar-refractivity contribution in [3.63, 3.8) is 0 Å². The molecule has 3 aromatic carbocycles. The zero-order valence-electron chi connectivity index (χ0n) is 21.2. The highest BCUT2D eigenvalue weighted by Crippen LogP contribution is 2.35. The van der Waals surface area contributed by atoms with Crippen LogP contribution < -0.4 is 16.0 Å². The summed E-state index contributed by atoms with van der Waals surface area (Å²) in [6, 6.07) is 24.1. The van der Waals surface area contributed by atoms with E-state index in [4.69, 9.17) is 9.26 Å². The molecule has 0 radical (unpaired) electrons. The number of anilines is 2. The zero-order chi connectivity index (χ0) is 27.1. The Morgan fingerprint density at radius 2 is 1.37 bits per heavy atom. The molecule has 3 amide bonds. The Bertz CT molecular complexity index is 1400. The molecule has 38 heavy (non-hydrogen) atoms. The molecule has 194 valence electrons. The van der Waals surface area contributed by atoms with Gasteiger partial charge in [0.15, 0.2) is 0 Å². The molecule has 1 atom stereocenters. The van der Waals surface area contributed by atoms with Gasteiger partial charge in [-0.1, -0.05) is 79.7 Å². The third-order valence-electron chi connectivity index (χ3n) is 5.82. The number of methoxy groups -OCH3 is 1. The highest BCUT2D eigenvalue weighted by atomic mass is 16.5. The number of para-hydroxylation sites is 1. The number of hydrogen-bond acceptors (Lipinski definition) is 6. The number of urea groups is 1. The Hall–Kier alpha value is -4.92. The van der Waals surface area contributed by atoms with Crippen molar-refractivity contribution in [2.24, 2.45) is 5.92 Å². The molecule has 0 bridgehead atoms. The van der Waals surface area contributed by atoms with Gasteiger partial charge in [0.25, 0.3) is 5.91 Å². The first kappa shape index (κ1) is 26.2. The topological polar surface area (TPSA) is 123 Å². The largest absolute Gasteiger partial charge is 0.467 e. The van der Waals surface area contributed by atoms with Gasteiger partial charge in [0.2, 0.25) is 5.76 Å². The summed E-state index contributed by atoms with van der Waals surface area (Å²) in [5.41, 5.74) is 3.57. The van der Waals surface area contributed by atoms with Crippen molar-refractivity contribution in [3.05, 3.63) is 90.7 Å². The fourth-order valence-corrected chi connectivity index (χ4v) is 3.87. The summed E-state index contributed by atoms with van der Waals surface area (Å²) in [4.78, 5) is 37.8. The molecule has 0 aliphatic rings. The van der Waals surface area contributed by atoms with Crippen LogP contribution in [0.4, 0.5) is 16.2 Å². The molecule has 9 heteroatoms. The predicted octanol–water partition coefficient (Wildman–Crippen LogP) is 5.58. The van der Waals surface area contributed by atoms with E-state index in [1.165, 1.54) is 7.11 Å². The molecular formula is C29H28N4O5. The second kappa shape index (κ2) is 11.9. The van der Waals surface area contributed by atoms with Crippen molar-refractivity contribution in [1.82, 2.24) is 10.5 Å². The minimum absolute atomic E-state index is 0.0230. The molecule has 0 aliphatic heterocycles. The minimum Gasteiger partial charge on any atom is -0.467 e. The Morgan fingerprint density at radius 3 is 1.95 bits per heavy atom. The van der Waals surface area contributed by atoms with E-state index in [0.717, 1.165) is 5.56 Å². The lowest BCUT2D eigenvalue weighted by atomic mass is 9.98. The molecular weight excluding hydrogens is 484 g/mol. The van der Waals surface area contributed by atoms with E-state index < -0.39 is 17.9 Å². The number of aromatic nitrogens is 1. The number of hydrogen-bond donors (Lipinski definition) is 3. The Morgan fingerprint density at radius 1 is 0.789 bits per heavy atom. The van der Waals surface area contributed by atoms with E-state index in [9.17, 15) is 14.4 Å². The van der Waals surface area contributed by atoms with Crippen LogP contribution >= 0.6 is 0 Å². The van der Waals surface area contributed by atoms with Gasteiger partial charge in [-0.05, 0) is 35.7 Å². The summed E-state index contributed by atoms with van der Waals surface area (Å²) in [6.45, 7) is 3.61. The number of esters is 1. The van der Waals surface area contributed by atoms with Gasteiger partial charge >= 0.3 is 12.0 Å². The average Bonchev–Trinajstić information content (AvgIpc) is 3.38. The van der Waals surface area contributed by atoms with E-state index in [0.29, 0.717) is 28.2 Å². The fourth-order valence-electron chi connectivity index (χ4n) is 3.87. The second-order valence-electron chi connectivity index (χ2n) is 8.84. The highest BCUT2D eigenvalue weighted by Gasteiger charge is 2.30. The molecule has 0 aliphatic carbocycles. The number of carbonyl (C=O) groups is 3. The fraction of sp³-hybridized carbons (Fsp3) is 0.172. The summed E-state index contributed by atoms with van der Waals surface area (Å²) in [6.07, 6.45) is 0. The lowest BCUT2D eigenvalue weighted by Crippen LogP contribution is -2.45. The number of carbonyl (C=O) groups excluding carboxylic acids is 3. The quantitative estimate of drug-likeness (QED) is 0.265. The van der Waals surface area contributed by atoms with Crippen LogP contribution in [0.1, 0.15) is 24.4 Å². The van der Waals surface area contributed by atoms with Crippen LogP contribution in [0.5, 0.6) is 0 Å². The van der Waals surface area contributed by atoms with E-state index in [-0.39, 0.29) is 17.7 Å². The smallest absolute Gasteiger partial charge is 0.328 e. The first-order chi connectivity index (χ1) is 18.4. The average molecular weight is 513 g/mol. The van der Waals surface area contributed by atoms with Crippen molar-refractivity contribution < 1.29 is 23.6 Å². The minimum atomic E-state index is -0.850. The predicted molar refractivity (Wildman–Crippen MR) is 145 cm³/mol. The van der Waals surface area contributed by atoms with Gasteiger partial charge in [0.1, 0.15) is 11.7 Å². The van der Waals surface area contributed by atoms with Gasteiger partial charge in [0, 0.05) is 16.9 Å². The maximum absolute atomic E-state index is 13.2. The molecule has 4 aromatic rings. The van der Waals surface area contributed by atoms with Crippen LogP contribution in [0.15, 0.2) is 89.5 Å². The maximum Gasteiger partial charge on any atom is 0.328 e. The third-order valence-corrected chi connectivity index (χ3v) is 5.82. The zero-order valence-corrected chi connectivity index (χ0v) is 21.2. The molecule has 0 fully saturated rings. The standard InChI is InChI=1S/C29H28N4O5/c1-18(2)24(28(35)37-3)32-27(34)26-23(19-10-6-4-7-11-19)25(33-38-26)20-14-16-22(17-15-20)31-29(36)30-21-12-8-5-9-13-21/h4-18,24H,1-3H3,(H,32,34)(H2,30,31,36)/t24-/m0/s1. The summed E-state index contributed by atoms with van der Waals surface area (Å²) >= 11 is 0. The number of ether oxygens (including phenoxy) is 1. The summed E-state index contributed by atoms with van der Waals surface area (Å²) in [5, 5.41) is 12.5. The van der Waals surface area contributed by atoms with Crippen molar-refractivity contribution in [3.8, 4) is 22.4 Å². The Balaban J connectivity index is 1.60. The van der Waals surface area contributed by atoms with E-state index in [1.807, 2.05) is 62.4 Å². The molecule has 9 nitrogen and oxygen atoms in total. The third kappa shape index (κ3) is 6.07. The number of nitrogens with zero attached hydrogens (tertiary/aromatic N) is 1. The summed E-state index contributed by atoms with van der Waals surface area (Å²) in [7, 11) is 1.27. The SMILES string of the molecule is COC(=O)[C@@H](NC(=O)c1onc(-c2ccc(NC(=O)Nc3ccccc3)cc2)c1-c1ccccc1)C(C)C. The van der Waals surface area contributed by atoms with Gasteiger partial charge in [-0.25, -0.2) is 9.59 Å². The molecule has 3 N–H and O–H groups in total. The normalized spacial score (nSPS) is 11.5. The van der Waals surface area contributed by atoms with Gasteiger partial charge < -0.3 is 25.2 Å². The second-order valence-corrected chi connectivity index (χ2v) is 8.84. The van der Waals surface area contributed by atoms with Crippen LogP contribution in [0.3, 0.4) is 0 Å².